The molecule has 4 rings (SSSR count). The van der Waals surface area contributed by atoms with Crippen LogP contribution in [0.15, 0.2) is 63.9 Å². The number of nitrogens with zero attached hydrogens (tertiary/aromatic N) is 1. The Balaban J connectivity index is 1.72. The quantitative estimate of drug-likeness (QED) is 0.234. The van der Waals surface area contributed by atoms with E-state index in [0.29, 0.717) is 27.2 Å². The third-order valence-corrected chi connectivity index (χ3v) is 5.95. The number of H-pyrrole nitrogens is 1. The number of halogens is 2. The lowest BCUT2D eigenvalue weighted by molar-refractivity contribution is 0.0845. The summed E-state index contributed by atoms with van der Waals surface area (Å²) in [7, 11) is 3.02. The summed E-state index contributed by atoms with van der Waals surface area (Å²) in [6.07, 6.45) is 3.29. The van der Waals surface area contributed by atoms with Crippen molar-refractivity contribution in [1.82, 2.24) is 20.8 Å². The summed E-state index contributed by atoms with van der Waals surface area (Å²) >= 11 is 6.66. The molecule has 0 unspecified atom stereocenters. The van der Waals surface area contributed by atoms with Crippen LogP contribution in [0.4, 0.5) is 0 Å². The number of rotatable bonds is 5. The number of carbonyl (C=O) groups excluding carboxylic acids is 2. The molecule has 0 aliphatic heterocycles. The van der Waals surface area contributed by atoms with Gasteiger partial charge in [-0.1, -0.05) is 28.1 Å². The lowest BCUT2D eigenvalue weighted by Gasteiger charge is -2.14. The van der Waals surface area contributed by atoms with Gasteiger partial charge in [0.2, 0.25) is 0 Å². The second kappa shape index (κ2) is 9.63. The molecule has 0 radical (unpaired) electrons. The molecule has 2 heterocycles. The van der Waals surface area contributed by atoms with E-state index in [1.54, 1.807) is 25.4 Å². The third-order valence-electron chi connectivity index (χ3n) is 4.99. The summed E-state index contributed by atoms with van der Waals surface area (Å²) in [5, 5.41) is 0.718. The van der Waals surface area contributed by atoms with Crippen molar-refractivity contribution in [3.05, 3.63) is 75.1 Å². The smallest absolute Gasteiger partial charge is 0.275 e. The zero-order chi connectivity index (χ0) is 23.5. The highest BCUT2D eigenvalue weighted by molar-refractivity contribution is 9.10. The van der Waals surface area contributed by atoms with Crippen LogP contribution in [0.2, 0.25) is 0 Å². The molecular formula is C23H18Br2N4O4. The number of aromatic amines is 1. The Bertz CT molecular complexity index is 1350. The number of hydrogen-bond acceptors (Lipinski definition) is 5. The van der Waals surface area contributed by atoms with Gasteiger partial charge in [-0.15, -0.1) is 0 Å². The van der Waals surface area contributed by atoms with Crippen LogP contribution >= 0.6 is 31.9 Å². The summed E-state index contributed by atoms with van der Waals surface area (Å²) in [5.74, 6) is -0.201. The van der Waals surface area contributed by atoms with E-state index < -0.39 is 11.8 Å². The molecular weight excluding hydrogens is 556 g/mol. The minimum atomic E-state index is -0.551. The van der Waals surface area contributed by atoms with Crippen LogP contribution in [-0.4, -0.2) is 36.0 Å². The van der Waals surface area contributed by atoms with Gasteiger partial charge in [-0.05, 0) is 45.8 Å². The number of hydrazine groups is 1. The Morgan fingerprint density at radius 1 is 0.939 bits per heavy atom. The minimum Gasteiger partial charge on any atom is -0.496 e. The van der Waals surface area contributed by atoms with Gasteiger partial charge in [0.25, 0.3) is 11.8 Å². The summed E-state index contributed by atoms with van der Waals surface area (Å²) in [5.41, 5.74) is 7.76. The third kappa shape index (κ3) is 4.57. The van der Waals surface area contributed by atoms with E-state index in [0.717, 1.165) is 21.0 Å². The van der Waals surface area contributed by atoms with Crippen molar-refractivity contribution in [2.75, 3.05) is 14.2 Å². The highest BCUT2D eigenvalue weighted by atomic mass is 79.9. The van der Waals surface area contributed by atoms with Gasteiger partial charge in [0.05, 0.1) is 25.1 Å². The van der Waals surface area contributed by atoms with Crippen LogP contribution in [-0.2, 0) is 0 Å². The van der Waals surface area contributed by atoms with E-state index in [9.17, 15) is 9.59 Å². The Morgan fingerprint density at radius 2 is 1.64 bits per heavy atom. The highest BCUT2D eigenvalue weighted by Gasteiger charge is 2.24. The van der Waals surface area contributed by atoms with Crippen LogP contribution in [0.5, 0.6) is 11.5 Å². The molecule has 0 fully saturated rings. The van der Waals surface area contributed by atoms with Gasteiger partial charge in [-0.3, -0.25) is 20.4 Å². The number of hydrogen-bond donors (Lipinski definition) is 3. The lowest BCUT2D eigenvalue weighted by Crippen LogP contribution is -2.41. The van der Waals surface area contributed by atoms with Crippen molar-refractivity contribution in [1.29, 1.82) is 0 Å². The molecule has 0 saturated heterocycles. The number of nitrogens with one attached hydrogen (secondary N) is 3. The number of benzene rings is 2. The molecule has 0 saturated carbocycles. The standard InChI is InChI=1S/C23H18Br2N4O4/c1-32-16-10-17(33-2)20(23(31)29-28-22(30)13-7-8-26-18(25)9-13)21-19(16)15(11-27-21)12-3-5-14(24)6-4-12/h3-11,27H,1-2H3,(H,28,30)(H,29,31). The molecule has 10 heteroatoms. The summed E-state index contributed by atoms with van der Waals surface area (Å²) < 4.78 is 12.5. The number of pyridine rings is 1. The molecule has 0 atom stereocenters. The number of amides is 2. The minimum absolute atomic E-state index is 0.230. The maximum atomic E-state index is 13.1. The fraction of sp³-hybridized carbons (Fsp3) is 0.0870. The monoisotopic (exact) mass is 572 g/mol. The predicted molar refractivity (Wildman–Crippen MR) is 131 cm³/mol. The van der Waals surface area contributed by atoms with Gasteiger partial charge in [-0.2, -0.15) is 0 Å². The molecule has 0 aliphatic carbocycles. The molecule has 2 aromatic carbocycles. The van der Waals surface area contributed by atoms with E-state index in [2.05, 4.69) is 52.7 Å². The zero-order valence-electron chi connectivity index (χ0n) is 17.5. The molecule has 168 valence electrons. The van der Waals surface area contributed by atoms with Crippen LogP contribution in [0, 0.1) is 0 Å². The number of carbonyl (C=O) groups is 2. The molecule has 2 amide bonds. The summed E-state index contributed by atoms with van der Waals surface area (Å²) in [4.78, 5) is 32.7. The van der Waals surface area contributed by atoms with Crippen molar-refractivity contribution in [3.8, 4) is 22.6 Å². The van der Waals surface area contributed by atoms with Crippen molar-refractivity contribution >= 4 is 54.6 Å². The van der Waals surface area contributed by atoms with Crippen molar-refractivity contribution in [2.45, 2.75) is 0 Å². The maximum Gasteiger partial charge on any atom is 0.275 e. The largest absolute Gasteiger partial charge is 0.496 e. The fourth-order valence-corrected chi connectivity index (χ4v) is 4.09. The second-order valence-electron chi connectivity index (χ2n) is 6.89. The van der Waals surface area contributed by atoms with Crippen molar-refractivity contribution in [2.24, 2.45) is 0 Å². The van der Waals surface area contributed by atoms with Gasteiger partial charge in [0, 0.05) is 34.1 Å². The van der Waals surface area contributed by atoms with Gasteiger partial charge in [-0.25, -0.2) is 4.98 Å². The number of ether oxygens (including phenoxy) is 2. The predicted octanol–water partition coefficient (Wildman–Crippen LogP) is 4.85. The molecule has 0 bridgehead atoms. The topological polar surface area (TPSA) is 105 Å². The van der Waals surface area contributed by atoms with Gasteiger partial charge >= 0.3 is 0 Å². The molecule has 33 heavy (non-hydrogen) atoms. The average Bonchev–Trinajstić information content (AvgIpc) is 3.26. The SMILES string of the molecule is COc1cc(OC)c2c(-c3ccc(Br)cc3)c[nH]c2c1C(=O)NNC(=O)c1ccnc(Br)c1. The Hall–Kier alpha value is -3.37. The molecule has 0 aliphatic rings. The van der Waals surface area contributed by atoms with E-state index in [1.165, 1.54) is 19.4 Å². The number of fused-ring (bicyclic) bond motifs is 1. The number of aromatic nitrogens is 2. The first-order valence-corrected chi connectivity index (χ1v) is 11.3. The van der Waals surface area contributed by atoms with E-state index in [4.69, 9.17) is 9.47 Å². The Kier molecular flexibility index (Phi) is 6.66. The van der Waals surface area contributed by atoms with Gasteiger partial charge in [0.1, 0.15) is 21.7 Å². The molecule has 3 N–H and O–H groups in total. The summed E-state index contributed by atoms with van der Waals surface area (Å²) in [6.45, 7) is 0. The van der Waals surface area contributed by atoms with E-state index in [1.807, 2.05) is 24.3 Å². The lowest BCUT2D eigenvalue weighted by atomic mass is 10.0. The summed E-state index contributed by atoms with van der Waals surface area (Å²) in [6, 6.07) is 12.5. The molecule has 0 spiro atoms. The molecule has 8 nitrogen and oxygen atoms in total. The van der Waals surface area contributed by atoms with E-state index >= 15 is 0 Å². The first-order valence-electron chi connectivity index (χ1n) is 9.67. The number of methoxy groups -OCH3 is 2. The first kappa shape index (κ1) is 22.8. The maximum absolute atomic E-state index is 13.1. The zero-order valence-corrected chi connectivity index (χ0v) is 20.7. The fourth-order valence-electron chi connectivity index (χ4n) is 3.46. The van der Waals surface area contributed by atoms with Crippen LogP contribution < -0.4 is 20.3 Å². The highest BCUT2D eigenvalue weighted by Crippen LogP contribution is 2.41. The second-order valence-corrected chi connectivity index (χ2v) is 8.62. The van der Waals surface area contributed by atoms with E-state index in [-0.39, 0.29) is 5.56 Å². The van der Waals surface area contributed by atoms with Crippen LogP contribution in [0.25, 0.3) is 22.0 Å². The van der Waals surface area contributed by atoms with Crippen molar-refractivity contribution in [3.63, 3.8) is 0 Å². The van der Waals surface area contributed by atoms with Gasteiger partial charge < -0.3 is 14.5 Å². The van der Waals surface area contributed by atoms with Crippen LogP contribution in [0.3, 0.4) is 0 Å². The van der Waals surface area contributed by atoms with Crippen molar-refractivity contribution < 1.29 is 19.1 Å². The Morgan fingerprint density at radius 3 is 2.30 bits per heavy atom. The first-order chi connectivity index (χ1) is 15.9. The van der Waals surface area contributed by atoms with Crippen LogP contribution in [0.1, 0.15) is 20.7 Å². The normalized spacial score (nSPS) is 10.7. The van der Waals surface area contributed by atoms with Gasteiger partial charge in [0.15, 0.2) is 0 Å². The molecule has 4 aromatic rings. The average molecular weight is 574 g/mol. The Labute approximate surface area is 205 Å². The molecule has 2 aromatic heterocycles.